The first-order valence-corrected chi connectivity index (χ1v) is 16.4. The van der Waals surface area contributed by atoms with Crippen LogP contribution in [-0.2, 0) is 26.3 Å². The lowest BCUT2D eigenvalue weighted by atomic mass is 10.1. The van der Waals surface area contributed by atoms with Crippen molar-refractivity contribution in [2.24, 2.45) is 0 Å². The monoisotopic (exact) mass is 700 g/mol. The summed E-state index contributed by atoms with van der Waals surface area (Å²) in [5, 5.41) is 2.20. The van der Waals surface area contributed by atoms with Crippen LogP contribution in [0.15, 0.2) is 69.5 Å². The molecule has 1 fully saturated rings. The van der Waals surface area contributed by atoms with Gasteiger partial charge in [-0.2, -0.15) is 8.42 Å². The van der Waals surface area contributed by atoms with Crippen molar-refractivity contribution in [3.63, 3.8) is 0 Å². The molecule has 1 aliphatic heterocycles. The Kier molecular flexibility index (Phi) is 10.9. The third-order valence-electron chi connectivity index (χ3n) is 6.44. The van der Waals surface area contributed by atoms with Crippen molar-refractivity contribution >= 4 is 50.0 Å². The number of halogens is 1. The van der Waals surface area contributed by atoms with E-state index in [2.05, 4.69) is 21.2 Å². The van der Waals surface area contributed by atoms with Gasteiger partial charge in [-0.1, -0.05) is 30.7 Å². The highest BCUT2D eigenvalue weighted by molar-refractivity contribution is 9.10. The fourth-order valence-corrected chi connectivity index (χ4v) is 5.92. The average Bonchev–Trinajstić information content (AvgIpc) is 2.99. The molecule has 0 atom stereocenters. The predicted molar refractivity (Wildman–Crippen MR) is 170 cm³/mol. The molecule has 1 saturated heterocycles. The molecule has 1 heterocycles. The lowest BCUT2D eigenvalue weighted by Crippen LogP contribution is -2.53. The number of benzene rings is 3. The number of rotatable bonds is 13. The Balaban J connectivity index is 1.64. The van der Waals surface area contributed by atoms with Gasteiger partial charge in [-0.05, 0) is 96.7 Å². The van der Waals surface area contributed by atoms with Gasteiger partial charge in [-0.25, -0.2) is 4.79 Å². The largest absolute Gasteiger partial charge is 0.490 e. The second-order valence-corrected chi connectivity index (χ2v) is 12.3. The topological polar surface area (TPSA) is 138 Å². The molecule has 45 heavy (non-hydrogen) atoms. The summed E-state index contributed by atoms with van der Waals surface area (Å²) in [5.41, 5.74) is 1.47. The molecular weight excluding hydrogens is 668 g/mol. The minimum atomic E-state index is -4.21. The van der Waals surface area contributed by atoms with Gasteiger partial charge in [0, 0.05) is 0 Å². The van der Waals surface area contributed by atoms with Crippen LogP contribution in [0.5, 0.6) is 23.0 Å². The van der Waals surface area contributed by atoms with E-state index in [-0.39, 0.29) is 39.6 Å². The minimum Gasteiger partial charge on any atom is -0.490 e. The second-order valence-electron chi connectivity index (χ2n) is 9.88. The van der Waals surface area contributed by atoms with E-state index < -0.39 is 28.0 Å². The fourth-order valence-electron chi connectivity index (χ4n) is 4.32. The molecule has 0 radical (unpaired) electrons. The maximum Gasteiger partial charge on any atom is 0.339 e. The average molecular weight is 702 g/mol. The molecule has 0 unspecified atom stereocenters. The van der Waals surface area contributed by atoms with E-state index in [9.17, 15) is 22.8 Å². The van der Waals surface area contributed by atoms with Crippen LogP contribution in [-0.4, -0.2) is 51.0 Å². The number of nitrogens with zero attached hydrogens (tertiary/aromatic N) is 1. The molecule has 11 nitrogen and oxygen atoms in total. The summed E-state index contributed by atoms with van der Waals surface area (Å²) in [6, 6.07) is 13.3. The number of carbonyl (C=O) groups excluding carboxylic acids is 3. The van der Waals surface area contributed by atoms with Crippen molar-refractivity contribution in [1.82, 2.24) is 10.2 Å². The number of hydrogen-bond donors (Lipinski definition) is 1. The molecule has 1 N–H and O–H groups in total. The zero-order chi connectivity index (χ0) is 32.7. The molecule has 238 valence electrons. The zero-order valence-corrected chi connectivity index (χ0v) is 27.6. The van der Waals surface area contributed by atoms with E-state index in [1.807, 2.05) is 20.8 Å². The molecular formula is C32H33BrN2O9S. The molecule has 1 aliphatic rings. The van der Waals surface area contributed by atoms with Crippen molar-refractivity contribution in [2.45, 2.75) is 45.6 Å². The van der Waals surface area contributed by atoms with Gasteiger partial charge in [0.25, 0.3) is 11.8 Å². The number of urea groups is 1. The number of barbiturate groups is 1. The number of carbonyl (C=O) groups is 3. The van der Waals surface area contributed by atoms with Gasteiger partial charge in [-0.15, -0.1) is 0 Å². The van der Waals surface area contributed by atoms with E-state index >= 15 is 0 Å². The lowest BCUT2D eigenvalue weighted by molar-refractivity contribution is -0.130. The van der Waals surface area contributed by atoms with Gasteiger partial charge < -0.3 is 18.4 Å². The number of nitrogens with one attached hydrogen (secondary N) is 1. The Hall–Kier alpha value is -4.36. The third kappa shape index (κ3) is 8.03. The van der Waals surface area contributed by atoms with Crippen molar-refractivity contribution in [3.05, 3.63) is 81.3 Å². The Labute approximate surface area is 270 Å². The summed E-state index contributed by atoms with van der Waals surface area (Å²) in [7, 11) is -4.21. The van der Waals surface area contributed by atoms with Gasteiger partial charge in [-0.3, -0.25) is 19.8 Å². The standard InChI is InChI=1S/C32H33BrN2O9S/c1-5-14-43-26-13-10-21(17-27(26)41-6-2)19-35-31(37)24(30(36)34-32(35)38)15-22-16-25(33)29(28(18-22)42-7-3)44-45(39,40)23-11-8-20(4)9-12-23/h8-13,15-18H,5-7,14,19H2,1-4H3,(H,34,36,38)/b24-15+. The van der Waals surface area contributed by atoms with Crippen LogP contribution in [0.4, 0.5) is 4.79 Å². The number of ether oxygens (including phenoxy) is 3. The summed E-state index contributed by atoms with van der Waals surface area (Å²) in [6.45, 7) is 8.27. The summed E-state index contributed by atoms with van der Waals surface area (Å²) in [4.78, 5) is 39.9. The van der Waals surface area contributed by atoms with Gasteiger partial charge in [0.1, 0.15) is 10.5 Å². The normalized spacial score (nSPS) is 14.4. The van der Waals surface area contributed by atoms with Gasteiger partial charge >= 0.3 is 16.1 Å². The highest BCUT2D eigenvalue weighted by atomic mass is 79.9. The predicted octanol–water partition coefficient (Wildman–Crippen LogP) is 5.77. The Morgan fingerprint density at radius 3 is 2.22 bits per heavy atom. The van der Waals surface area contributed by atoms with Crippen molar-refractivity contribution < 1.29 is 41.2 Å². The molecule has 4 rings (SSSR count). The van der Waals surface area contributed by atoms with Crippen LogP contribution in [0.1, 0.15) is 43.9 Å². The smallest absolute Gasteiger partial charge is 0.339 e. The van der Waals surface area contributed by atoms with Crippen LogP contribution in [0.25, 0.3) is 6.08 Å². The van der Waals surface area contributed by atoms with Crippen LogP contribution in [0.2, 0.25) is 0 Å². The number of imide groups is 2. The summed E-state index contributed by atoms with van der Waals surface area (Å²) in [6.07, 6.45) is 2.10. The summed E-state index contributed by atoms with van der Waals surface area (Å²) in [5.74, 6) is -0.727. The van der Waals surface area contributed by atoms with Gasteiger partial charge in [0.05, 0.1) is 30.8 Å². The van der Waals surface area contributed by atoms with E-state index in [0.717, 1.165) is 16.9 Å². The lowest BCUT2D eigenvalue weighted by Gasteiger charge is -2.26. The first-order chi connectivity index (χ1) is 21.5. The second kappa shape index (κ2) is 14.6. The zero-order valence-electron chi connectivity index (χ0n) is 25.2. The number of hydrogen-bond acceptors (Lipinski definition) is 9. The summed E-state index contributed by atoms with van der Waals surface area (Å²) < 4.78 is 48.7. The SMILES string of the molecule is CCCOc1ccc(CN2C(=O)NC(=O)/C(=C\c3cc(Br)c(OS(=O)(=O)c4ccc(C)cc4)c(OCC)c3)C2=O)cc1OCC. The minimum absolute atomic E-state index is 0.0422. The van der Waals surface area contributed by atoms with Crippen LogP contribution < -0.4 is 23.7 Å². The maximum absolute atomic E-state index is 13.5. The van der Waals surface area contributed by atoms with Crippen LogP contribution in [0.3, 0.4) is 0 Å². The van der Waals surface area contributed by atoms with E-state index in [0.29, 0.717) is 35.8 Å². The molecule has 0 aliphatic carbocycles. The third-order valence-corrected chi connectivity index (χ3v) is 8.27. The molecule has 0 bridgehead atoms. The van der Waals surface area contributed by atoms with Crippen LogP contribution in [0, 0.1) is 6.92 Å². The van der Waals surface area contributed by atoms with Crippen molar-refractivity contribution in [3.8, 4) is 23.0 Å². The molecule has 0 saturated carbocycles. The van der Waals surface area contributed by atoms with Crippen molar-refractivity contribution in [2.75, 3.05) is 19.8 Å². The molecule has 3 aromatic rings. The Morgan fingerprint density at radius 1 is 0.867 bits per heavy atom. The maximum atomic E-state index is 13.5. The Morgan fingerprint density at radius 2 is 1.56 bits per heavy atom. The van der Waals surface area contributed by atoms with E-state index in [1.54, 1.807) is 37.3 Å². The first kappa shape index (κ1) is 33.5. The van der Waals surface area contributed by atoms with Crippen molar-refractivity contribution in [1.29, 1.82) is 0 Å². The Bertz CT molecular complexity index is 1740. The van der Waals surface area contributed by atoms with E-state index in [1.165, 1.54) is 30.3 Å². The van der Waals surface area contributed by atoms with Crippen LogP contribution >= 0.6 is 15.9 Å². The first-order valence-electron chi connectivity index (χ1n) is 14.2. The summed E-state index contributed by atoms with van der Waals surface area (Å²) >= 11 is 3.34. The highest BCUT2D eigenvalue weighted by Gasteiger charge is 2.36. The molecule has 0 aromatic heterocycles. The number of aryl methyl sites for hydroxylation is 1. The number of amides is 4. The quantitative estimate of drug-likeness (QED) is 0.134. The fraction of sp³-hybridized carbons (Fsp3) is 0.281. The highest BCUT2D eigenvalue weighted by Crippen LogP contribution is 2.39. The molecule has 3 aromatic carbocycles. The molecule has 4 amide bonds. The van der Waals surface area contributed by atoms with E-state index in [4.69, 9.17) is 18.4 Å². The van der Waals surface area contributed by atoms with Gasteiger partial charge in [0.2, 0.25) is 0 Å². The molecule has 13 heteroatoms. The van der Waals surface area contributed by atoms with Gasteiger partial charge in [0.15, 0.2) is 23.0 Å². The molecule has 0 spiro atoms.